The van der Waals surface area contributed by atoms with Crippen LogP contribution in [0.2, 0.25) is 0 Å². The Hall–Kier alpha value is -2.74. The zero-order chi connectivity index (χ0) is 18.6. The minimum atomic E-state index is -0.195. The number of aromatic nitrogens is 2. The number of rotatable bonds is 4. The molecule has 0 aliphatic carbocycles. The Kier molecular flexibility index (Phi) is 5.15. The molecule has 0 radical (unpaired) electrons. The summed E-state index contributed by atoms with van der Waals surface area (Å²) < 4.78 is 0. The van der Waals surface area contributed by atoms with E-state index in [9.17, 15) is 9.59 Å². The van der Waals surface area contributed by atoms with Crippen LogP contribution in [0.5, 0.6) is 0 Å². The topological polar surface area (TPSA) is 96.3 Å². The van der Waals surface area contributed by atoms with Crippen LogP contribution in [0.25, 0.3) is 11.0 Å². The van der Waals surface area contributed by atoms with Gasteiger partial charge in [-0.25, -0.2) is 9.59 Å². The van der Waals surface area contributed by atoms with Gasteiger partial charge in [-0.1, -0.05) is 17.7 Å². The van der Waals surface area contributed by atoms with Crippen LogP contribution in [-0.4, -0.2) is 66.7 Å². The van der Waals surface area contributed by atoms with E-state index in [4.69, 9.17) is 0 Å². The highest BCUT2D eigenvalue weighted by atomic mass is 16.2. The SMILES string of the molecule is O=C(NCCC1=CCNCC1)N1CCN(c2cccc3[nH]c(=O)[nH]c23)CC1. The predicted molar refractivity (Wildman–Crippen MR) is 106 cm³/mol. The molecule has 1 fully saturated rings. The Balaban J connectivity index is 1.30. The molecular formula is C19H26N6O2. The first-order chi connectivity index (χ1) is 13.2. The van der Waals surface area contributed by atoms with Crippen molar-refractivity contribution in [3.8, 4) is 0 Å². The molecular weight excluding hydrogens is 344 g/mol. The third-order valence-corrected chi connectivity index (χ3v) is 5.32. The van der Waals surface area contributed by atoms with E-state index in [0.29, 0.717) is 19.6 Å². The molecule has 4 rings (SSSR count). The van der Waals surface area contributed by atoms with Crippen LogP contribution < -0.4 is 21.2 Å². The Labute approximate surface area is 157 Å². The number of fused-ring (bicyclic) bond motifs is 1. The van der Waals surface area contributed by atoms with Gasteiger partial charge in [-0.3, -0.25) is 0 Å². The Morgan fingerprint density at radius 1 is 1.15 bits per heavy atom. The number of nitrogens with one attached hydrogen (secondary N) is 4. The van der Waals surface area contributed by atoms with Crippen molar-refractivity contribution in [2.45, 2.75) is 12.8 Å². The van der Waals surface area contributed by atoms with Crippen LogP contribution in [0.4, 0.5) is 10.5 Å². The molecule has 0 spiro atoms. The second kappa shape index (κ2) is 7.87. The second-order valence-corrected chi connectivity index (χ2v) is 7.05. The minimum absolute atomic E-state index is 0.0115. The first-order valence-electron chi connectivity index (χ1n) is 9.58. The molecule has 2 aliphatic rings. The summed E-state index contributed by atoms with van der Waals surface area (Å²) in [5.41, 5.74) is 3.87. The molecule has 0 unspecified atom stereocenters. The van der Waals surface area contributed by atoms with E-state index < -0.39 is 0 Å². The van der Waals surface area contributed by atoms with Crippen LogP contribution in [0.1, 0.15) is 12.8 Å². The number of hydrogen-bond acceptors (Lipinski definition) is 4. The normalized spacial score (nSPS) is 17.9. The summed E-state index contributed by atoms with van der Waals surface area (Å²) in [7, 11) is 0. The largest absolute Gasteiger partial charge is 0.366 e. The van der Waals surface area contributed by atoms with Gasteiger partial charge in [0.15, 0.2) is 0 Å². The zero-order valence-corrected chi connectivity index (χ0v) is 15.4. The standard InChI is InChI=1S/C19H26N6O2/c26-18-22-15-2-1-3-16(17(15)23-18)24-10-12-25(13-11-24)19(27)21-9-6-14-4-7-20-8-5-14/h1-4,20H,5-13H2,(H,21,27)(H2,22,23,26). The van der Waals surface area contributed by atoms with Gasteiger partial charge in [-0.15, -0.1) is 0 Å². The van der Waals surface area contributed by atoms with E-state index in [2.05, 4.69) is 31.6 Å². The number of piperazine rings is 1. The highest BCUT2D eigenvalue weighted by molar-refractivity contribution is 5.88. The van der Waals surface area contributed by atoms with Gasteiger partial charge in [-0.2, -0.15) is 0 Å². The quantitative estimate of drug-likeness (QED) is 0.604. The van der Waals surface area contributed by atoms with Crippen LogP contribution in [0.15, 0.2) is 34.6 Å². The first kappa shape index (κ1) is 17.7. The van der Waals surface area contributed by atoms with Gasteiger partial charge < -0.3 is 30.4 Å². The summed E-state index contributed by atoms with van der Waals surface area (Å²) >= 11 is 0. The highest BCUT2D eigenvalue weighted by Crippen LogP contribution is 2.24. The van der Waals surface area contributed by atoms with E-state index >= 15 is 0 Å². The molecule has 0 saturated carbocycles. The number of amides is 2. The Morgan fingerprint density at radius 3 is 2.78 bits per heavy atom. The Morgan fingerprint density at radius 2 is 2.00 bits per heavy atom. The first-order valence-corrected chi connectivity index (χ1v) is 9.58. The molecule has 2 aromatic rings. The number of hydrogen-bond donors (Lipinski definition) is 4. The fourth-order valence-electron chi connectivity index (χ4n) is 3.80. The van der Waals surface area contributed by atoms with Crippen LogP contribution in [0, 0.1) is 0 Å². The summed E-state index contributed by atoms with van der Waals surface area (Å²) in [4.78, 5) is 33.7. The number of carbonyl (C=O) groups is 1. The monoisotopic (exact) mass is 370 g/mol. The molecule has 144 valence electrons. The number of anilines is 1. The third kappa shape index (κ3) is 4.00. The van der Waals surface area contributed by atoms with Gasteiger partial charge in [0, 0.05) is 39.3 Å². The van der Waals surface area contributed by atoms with Crippen molar-refractivity contribution in [2.75, 3.05) is 50.7 Å². The molecule has 1 aromatic carbocycles. The second-order valence-electron chi connectivity index (χ2n) is 7.05. The number of H-pyrrole nitrogens is 2. The number of nitrogens with zero attached hydrogens (tertiary/aromatic N) is 2. The summed E-state index contributed by atoms with van der Waals surface area (Å²) in [6.45, 7) is 5.49. The van der Waals surface area contributed by atoms with Crippen molar-refractivity contribution >= 4 is 22.8 Å². The van der Waals surface area contributed by atoms with Crippen LogP contribution >= 0.6 is 0 Å². The number of para-hydroxylation sites is 1. The van der Waals surface area contributed by atoms with Crippen LogP contribution in [-0.2, 0) is 0 Å². The van der Waals surface area contributed by atoms with Gasteiger partial charge >= 0.3 is 11.7 Å². The summed E-state index contributed by atoms with van der Waals surface area (Å²) in [6.07, 6.45) is 4.22. The minimum Gasteiger partial charge on any atom is -0.366 e. The molecule has 0 bridgehead atoms. The predicted octanol–water partition coefficient (Wildman–Crippen LogP) is 0.998. The average molecular weight is 370 g/mol. The molecule has 1 aromatic heterocycles. The van der Waals surface area contributed by atoms with E-state index in [1.54, 1.807) is 0 Å². The van der Waals surface area contributed by atoms with Gasteiger partial charge in [0.25, 0.3) is 0 Å². The van der Waals surface area contributed by atoms with E-state index in [1.165, 1.54) is 5.57 Å². The summed E-state index contributed by atoms with van der Waals surface area (Å²) in [6, 6.07) is 5.85. The average Bonchev–Trinajstić information content (AvgIpc) is 3.09. The highest BCUT2D eigenvalue weighted by Gasteiger charge is 2.22. The number of imidazole rings is 1. The Bertz CT molecular complexity index is 891. The lowest BCUT2D eigenvalue weighted by Crippen LogP contribution is -2.52. The summed E-state index contributed by atoms with van der Waals surface area (Å²) in [5.74, 6) is 0. The van der Waals surface area contributed by atoms with Crippen molar-refractivity contribution in [3.63, 3.8) is 0 Å². The lowest BCUT2D eigenvalue weighted by Gasteiger charge is -2.36. The van der Waals surface area contributed by atoms with Crippen LogP contribution in [0.3, 0.4) is 0 Å². The van der Waals surface area contributed by atoms with E-state index in [-0.39, 0.29) is 11.7 Å². The molecule has 3 heterocycles. The molecule has 27 heavy (non-hydrogen) atoms. The maximum atomic E-state index is 12.4. The number of aromatic amines is 2. The molecule has 1 saturated heterocycles. The third-order valence-electron chi connectivity index (χ3n) is 5.32. The maximum Gasteiger partial charge on any atom is 0.323 e. The van der Waals surface area contributed by atoms with Crippen molar-refractivity contribution in [3.05, 3.63) is 40.3 Å². The number of benzene rings is 1. The molecule has 0 atom stereocenters. The lowest BCUT2D eigenvalue weighted by atomic mass is 10.1. The van der Waals surface area contributed by atoms with Crippen molar-refractivity contribution in [1.82, 2.24) is 25.5 Å². The summed E-state index contributed by atoms with van der Waals surface area (Å²) in [5, 5.41) is 6.34. The van der Waals surface area contributed by atoms with Gasteiger partial charge in [0.05, 0.1) is 16.7 Å². The molecule has 2 aliphatic heterocycles. The lowest BCUT2D eigenvalue weighted by molar-refractivity contribution is 0.194. The molecule has 8 nitrogen and oxygen atoms in total. The fraction of sp³-hybridized carbons (Fsp3) is 0.474. The van der Waals surface area contributed by atoms with E-state index in [1.807, 2.05) is 23.1 Å². The number of urea groups is 1. The molecule has 8 heteroatoms. The van der Waals surface area contributed by atoms with Gasteiger partial charge in [0.1, 0.15) is 0 Å². The van der Waals surface area contributed by atoms with E-state index in [0.717, 1.165) is 55.7 Å². The van der Waals surface area contributed by atoms with Crippen molar-refractivity contribution in [2.24, 2.45) is 0 Å². The van der Waals surface area contributed by atoms with Crippen molar-refractivity contribution in [1.29, 1.82) is 0 Å². The fourth-order valence-corrected chi connectivity index (χ4v) is 3.80. The maximum absolute atomic E-state index is 12.4. The smallest absolute Gasteiger partial charge is 0.323 e. The van der Waals surface area contributed by atoms with Crippen molar-refractivity contribution < 1.29 is 4.79 Å². The zero-order valence-electron chi connectivity index (χ0n) is 15.4. The molecule has 2 amide bonds. The number of carbonyl (C=O) groups excluding carboxylic acids is 1. The van der Waals surface area contributed by atoms with Gasteiger partial charge in [-0.05, 0) is 31.5 Å². The van der Waals surface area contributed by atoms with Gasteiger partial charge in [0.2, 0.25) is 0 Å². The molecule has 4 N–H and O–H groups in total.